The number of allylic oxidation sites excluding steroid dienone is 8. The zero-order valence-electron chi connectivity index (χ0n) is 7.66. The Morgan fingerprint density at radius 3 is 3.23 bits per heavy atom. The van der Waals surface area contributed by atoms with Crippen molar-refractivity contribution in [3.05, 3.63) is 53.5 Å². The van der Waals surface area contributed by atoms with E-state index >= 15 is 0 Å². The molecule has 1 unspecified atom stereocenters. The second-order valence-corrected chi connectivity index (χ2v) is 3.95. The van der Waals surface area contributed by atoms with Crippen LogP contribution in [0.15, 0.2) is 47.1 Å². The minimum atomic E-state index is 0.712. The van der Waals surface area contributed by atoms with Crippen LogP contribution in [0, 0.1) is 12.3 Å². The average molecular weight is 169 g/mol. The second-order valence-electron chi connectivity index (χ2n) is 3.95. The average Bonchev–Trinajstić information content (AvgIpc) is 2.65. The molecule has 0 amide bonds. The van der Waals surface area contributed by atoms with E-state index in [0.29, 0.717) is 5.92 Å². The lowest BCUT2D eigenvalue weighted by molar-refractivity contribution is 0.635. The Kier molecular flexibility index (Phi) is 1.55. The van der Waals surface area contributed by atoms with Crippen LogP contribution in [0.4, 0.5) is 0 Å². The van der Waals surface area contributed by atoms with Crippen molar-refractivity contribution in [3.63, 3.8) is 0 Å². The summed E-state index contributed by atoms with van der Waals surface area (Å²) in [6.07, 6.45) is 17.4. The van der Waals surface area contributed by atoms with E-state index in [4.69, 9.17) is 0 Å². The third-order valence-electron chi connectivity index (χ3n) is 3.21. The third kappa shape index (κ3) is 1.05. The molecule has 0 saturated carbocycles. The Bertz CT molecular complexity index is 350. The minimum absolute atomic E-state index is 0.712. The SMILES string of the molecule is [CH]1C=CC2=C1C1CCC=CC1=CC2. The molecule has 0 heteroatoms. The molecule has 0 bridgehead atoms. The van der Waals surface area contributed by atoms with Crippen molar-refractivity contribution in [2.24, 2.45) is 5.92 Å². The first kappa shape index (κ1) is 7.37. The number of rotatable bonds is 0. The molecule has 0 heterocycles. The molecule has 0 fully saturated rings. The molecular formula is C13H13. The summed E-state index contributed by atoms with van der Waals surface area (Å²) < 4.78 is 0. The van der Waals surface area contributed by atoms with Crippen LogP contribution in [0.1, 0.15) is 19.3 Å². The Labute approximate surface area is 79.3 Å². The first-order valence-corrected chi connectivity index (χ1v) is 5.06. The molecule has 0 aliphatic heterocycles. The summed E-state index contributed by atoms with van der Waals surface area (Å²) >= 11 is 0. The molecule has 3 rings (SSSR count). The van der Waals surface area contributed by atoms with Crippen molar-refractivity contribution in [2.75, 3.05) is 0 Å². The smallest absolute Gasteiger partial charge is 0.00928 e. The van der Waals surface area contributed by atoms with Gasteiger partial charge in [-0.05, 0) is 30.4 Å². The summed E-state index contributed by atoms with van der Waals surface area (Å²) in [7, 11) is 0. The van der Waals surface area contributed by atoms with E-state index in [2.05, 4.69) is 36.8 Å². The molecule has 0 N–H and O–H groups in total. The molecule has 65 valence electrons. The van der Waals surface area contributed by atoms with Gasteiger partial charge in [0.05, 0.1) is 0 Å². The van der Waals surface area contributed by atoms with Gasteiger partial charge in [-0.1, -0.05) is 36.0 Å². The van der Waals surface area contributed by atoms with E-state index in [0.717, 1.165) is 6.42 Å². The largest absolute Gasteiger partial charge is 0.0842 e. The number of fused-ring (bicyclic) bond motifs is 2. The van der Waals surface area contributed by atoms with Crippen LogP contribution in [0.2, 0.25) is 0 Å². The highest BCUT2D eigenvalue weighted by Gasteiger charge is 2.25. The summed E-state index contributed by atoms with van der Waals surface area (Å²) in [5.41, 5.74) is 4.68. The highest BCUT2D eigenvalue weighted by Crippen LogP contribution is 2.41. The van der Waals surface area contributed by atoms with Crippen LogP contribution in [-0.2, 0) is 0 Å². The Balaban J connectivity index is 2.00. The van der Waals surface area contributed by atoms with E-state index < -0.39 is 0 Å². The van der Waals surface area contributed by atoms with Gasteiger partial charge in [-0.2, -0.15) is 0 Å². The maximum atomic E-state index is 2.39. The standard InChI is InChI=1S/C13H13/c1-2-6-12-10(4-1)8-9-11-5-3-7-13(11)12/h1,3-5,7-8,12H,2,6,9H2. The molecule has 0 aromatic carbocycles. The van der Waals surface area contributed by atoms with Crippen LogP contribution in [0.25, 0.3) is 0 Å². The molecule has 0 nitrogen and oxygen atoms in total. The molecule has 1 radical (unpaired) electrons. The predicted molar refractivity (Wildman–Crippen MR) is 55.0 cm³/mol. The maximum absolute atomic E-state index is 2.39. The molecule has 0 saturated heterocycles. The fourth-order valence-electron chi connectivity index (χ4n) is 2.54. The molecule has 13 heavy (non-hydrogen) atoms. The van der Waals surface area contributed by atoms with Crippen LogP contribution < -0.4 is 0 Å². The van der Waals surface area contributed by atoms with Crippen molar-refractivity contribution in [1.82, 2.24) is 0 Å². The summed E-state index contributed by atoms with van der Waals surface area (Å²) in [4.78, 5) is 0. The van der Waals surface area contributed by atoms with E-state index in [1.165, 1.54) is 12.8 Å². The van der Waals surface area contributed by atoms with Gasteiger partial charge in [0.15, 0.2) is 0 Å². The van der Waals surface area contributed by atoms with Crippen LogP contribution >= 0.6 is 0 Å². The van der Waals surface area contributed by atoms with Crippen molar-refractivity contribution < 1.29 is 0 Å². The van der Waals surface area contributed by atoms with Gasteiger partial charge in [0.1, 0.15) is 0 Å². The highest BCUT2D eigenvalue weighted by molar-refractivity contribution is 5.52. The van der Waals surface area contributed by atoms with E-state index in [9.17, 15) is 0 Å². The first-order valence-electron chi connectivity index (χ1n) is 5.06. The first-order chi connectivity index (χ1) is 6.45. The van der Waals surface area contributed by atoms with Crippen LogP contribution in [0.3, 0.4) is 0 Å². The monoisotopic (exact) mass is 169 g/mol. The maximum Gasteiger partial charge on any atom is 0.00928 e. The summed E-state index contributed by atoms with van der Waals surface area (Å²) in [6, 6.07) is 0. The zero-order chi connectivity index (χ0) is 8.67. The van der Waals surface area contributed by atoms with Gasteiger partial charge in [-0.15, -0.1) is 0 Å². The Hall–Kier alpha value is -1.04. The fraction of sp³-hybridized carbons (Fsp3) is 0.308. The van der Waals surface area contributed by atoms with E-state index in [1.54, 1.807) is 16.7 Å². The van der Waals surface area contributed by atoms with Gasteiger partial charge in [0.2, 0.25) is 0 Å². The summed E-state index contributed by atoms with van der Waals surface area (Å²) in [6.45, 7) is 0. The molecule has 1 atom stereocenters. The quantitative estimate of drug-likeness (QED) is 0.521. The fourth-order valence-corrected chi connectivity index (χ4v) is 2.54. The topological polar surface area (TPSA) is 0 Å². The normalized spacial score (nSPS) is 30.2. The minimum Gasteiger partial charge on any atom is -0.0842 e. The van der Waals surface area contributed by atoms with Gasteiger partial charge in [0.25, 0.3) is 0 Å². The lowest BCUT2D eigenvalue weighted by Crippen LogP contribution is -2.13. The second kappa shape index (κ2) is 2.73. The van der Waals surface area contributed by atoms with Crippen molar-refractivity contribution >= 4 is 0 Å². The number of hydrogen-bond donors (Lipinski definition) is 0. The number of hydrogen-bond acceptors (Lipinski definition) is 0. The van der Waals surface area contributed by atoms with Gasteiger partial charge in [-0.25, -0.2) is 0 Å². The molecule has 3 aliphatic rings. The lowest BCUT2D eigenvalue weighted by atomic mass is 9.77. The van der Waals surface area contributed by atoms with Crippen LogP contribution in [0.5, 0.6) is 0 Å². The van der Waals surface area contributed by atoms with E-state index in [-0.39, 0.29) is 0 Å². The van der Waals surface area contributed by atoms with Crippen molar-refractivity contribution in [1.29, 1.82) is 0 Å². The molecule has 0 aromatic heterocycles. The Morgan fingerprint density at radius 2 is 2.23 bits per heavy atom. The van der Waals surface area contributed by atoms with Crippen LogP contribution in [-0.4, -0.2) is 0 Å². The van der Waals surface area contributed by atoms with Gasteiger partial charge in [-0.3, -0.25) is 0 Å². The van der Waals surface area contributed by atoms with Gasteiger partial charge in [0, 0.05) is 12.3 Å². The third-order valence-corrected chi connectivity index (χ3v) is 3.21. The van der Waals surface area contributed by atoms with Gasteiger partial charge < -0.3 is 0 Å². The lowest BCUT2D eigenvalue weighted by Gasteiger charge is -2.27. The molecule has 0 aromatic rings. The Morgan fingerprint density at radius 1 is 1.23 bits per heavy atom. The molecule has 0 spiro atoms. The molecular weight excluding hydrogens is 156 g/mol. The van der Waals surface area contributed by atoms with Gasteiger partial charge >= 0.3 is 0 Å². The zero-order valence-corrected chi connectivity index (χ0v) is 7.66. The van der Waals surface area contributed by atoms with Crippen molar-refractivity contribution in [2.45, 2.75) is 19.3 Å². The summed E-state index contributed by atoms with van der Waals surface area (Å²) in [5, 5.41) is 0. The summed E-state index contributed by atoms with van der Waals surface area (Å²) in [5.74, 6) is 0.712. The highest BCUT2D eigenvalue weighted by atomic mass is 14.3. The van der Waals surface area contributed by atoms with Crippen molar-refractivity contribution in [3.8, 4) is 0 Å². The molecule has 3 aliphatic carbocycles. The van der Waals surface area contributed by atoms with E-state index in [1.807, 2.05) is 0 Å². The predicted octanol–water partition coefficient (Wildman–Crippen LogP) is 3.35.